The molecule has 1 amide bonds. The van der Waals surface area contributed by atoms with Crippen LogP contribution in [0.15, 0.2) is 36.4 Å². The molecule has 0 spiro atoms. The molecule has 1 fully saturated rings. The van der Waals surface area contributed by atoms with Crippen LogP contribution >= 0.6 is 11.6 Å². The van der Waals surface area contributed by atoms with Crippen LogP contribution in [0.3, 0.4) is 0 Å². The van der Waals surface area contributed by atoms with Gasteiger partial charge in [-0.3, -0.25) is 4.79 Å². The molecule has 2 aliphatic rings. The molecule has 0 aromatic heterocycles. The SMILES string of the molecule is O=C1CC[C@@H](CCNCc2cc3c(cc2Cl)OCO3)N1Cc1cccc(F)c1. The molecule has 5 nitrogen and oxygen atoms in total. The number of nitrogens with zero attached hydrogens (tertiary/aromatic N) is 1. The first-order chi connectivity index (χ1) is 13.6. The summed E-state index contributed by atoms with van der Waals surface area (Å²) in [4.78, 5) is 14.1. The Morgan fingerprint density at radius 3 is 2.86 bits per heavy atom. The molecule has 1 N–H and O–H groups in total. The third-order valence-electron chi connectivity index (χ3n) is 5.21. The van der Waals surface area contributed by atoms with E-state index in [2.05, 4.69) is 5.32 Å². The van der Waals surface area contributed by atoms with E-state index in [-0.39, 0.29) is 24.6 Å². The lowest BCUT2D eigenvalue weighted by Crippen LogP contribution is -2.34. The lowest BCUT2D eigenvalue weighted by molar-refractivity contribution is -0.129. The quantitative estimate of drug-likeness (QED) is 0.711. The highest BCUT2D eigenvalue weighted by molar-refractivity contribution is 6.31. The van der Waals surface area contributed by atoms with E-state index >= 15 is 0 Å². The molecule has 1 atom stereocenters. The molecule has 2 aromatic carbocycles. The van der Waals surface area contributed by atoms with Crippen LogP contribution in [0, 0.1) is 5.82 Å². The molecule has 4 rings (SSSR count). The Balaban J connectivity index is 1.30. The predicted octanol–water partition coefficient (Wildman–Crippen LogP) is 3.88. The standard InChI is InChI=1S/C21H22ClFN2O3/c22-18-10-20-19(27-13-28-20)9-15(18)11-24-7-6-17-4-5-21(26)25(17)12-14-2-1-3-16(23)8-14/h1-3,8-10,17,24H,4-7,11-13H2/t17-/m0/s1. The minimum atomic E-state index is -0.275. The monoisotopic (exact) mass is 404 g/mol. The average molecular weight is 405 g/mol. The largest absolute Gasteiger partial charge is 0.454 e. The molecule has 0 radical (unpaired) electrons. The fraction of sp³-hybridized carbons (Fsp3) is 0.381. The van der Waals surface area contributed by atoms with E-state index in [4.69, 9.17) is 21.1 Å². The summed E-state index contributed by atoms with van der Waals surface area (Å²) in [5, 5.41) is 4.03. The van der Waals surface area contributed by atoms with E-state index in [0.29, 0.717) is 36.0 Å². The van der Waals surface area contributed by atoms with Crippen molar-refractivity contribution in [2.75, 3.05) is 13.3 Å². The number of carbonyl (C=O) groups is 1. The molecule has 1 saturated heterocycles. The summed E-state index contributed by atoms with van der Waals surface area (Å²) in [6.45, 7) is 2.04. The number of benzene rings is 2. The highest BCUT2D eigenvalue weighted by atomic mass is 35.5. The van der Waals surface area contributed by atoms with Crippen LogP contribution in [0.4, 0.5) is 4.39 Å². The molecule has 28 heavy (non-hydrogen) atoms. The van der Waals surface area contributed by atoms with E-state index in [1.165, 1.54) is 12.1 Å². The maximum absolute atomic E-state index is 13.4. The van der Waals surface area contributed by atoms with Gasteiger partial charge in [-0.2, -0.15) is 0 Å². The predicted molar refractivity (Wildman–Crippen MR) is 104 cm³/mol. The summed E-state index contributed by atoms with van der Waals surface area (Å²) in [5.41, 5.74) is 1.77. The number of amides is 1. The van der Waals surface area contributed by atoms with Gasteiger partial charge in [0.2, 0.25) is 12.7 Å². The number of halogens is 2. The van der Waals surface area contributed by atoms with Gasteiger partial charge in [0.25, 0.3) is 0 Å². The molecule has 0 aliphatic carbocycles. The second kappa shape index (κ2) is 8.37. The number of fused-ring (bicyclic) bond motifs is 1. The van der Waals surface area contributed by atoms with Crippen molar-refractivity contribution in [3.8, 4) is 11.5 Å². The van der Waals surface area contributed by atoms with Gasteiger partial charge in [-0.1, -0.05) is 23.7 Å². The fourth-order valence-electron chi connectivity index (χ4n) is 3.73. The average Bonchev–Trinajstić information content (AvgIpc) is 3.26. The minimum absolute atomic E-state index is 0.132. The Morgan fingerprint density at radius 1 is 1.21 bits per heavy atom. The van der Waals surface area contributed by atoms with Crippen LogP contribution in [0.5, 0.6) is 11.5 Å². The minimum Gasteiger partial charge on any atom is -0.454 e. The van der Waals surface area contributed by atoms with E-state index in [1.807, 2.05) is 17.0 Å². The van der Waals surface area contributed by atoms with Crippen molar-refractivity contribution in [3.05, 3.63) is 58.4 Å². The normalized spacial score (nSPS) is 18.1. The topological polar surface area (TPSA) is 50.8 Å². The van der Waals surface area contributed by atoms with Gasteiger partial charge in [0.05, 0.1) is 0 Å². The Bertz CT molecular complexity index is 877. The smallest absolute Gasteiger partial charge is 0.231 e. The van der Waals surface area contributed by atoms with Crippen molar-refractivity contribution >= 4 is 17.5 Å². The zero-order valence-electron chi connectivity index (χ0n) is 15.4. The number of hydrogen-bond acceptors (Lipinski definition) is 4. The van der Waals surface area contributed by atoms with Crippen molar-refractivity contribution < 1.29 is 18.7 Å². The van der Waals surface area contributed by atoms with Crippen molar-refractivity contribution in [2.45, 2.75) is 38.4 Å². The van der Waals surface area contributed by atoms with E-state index < -0.39 is 0 Å². The Kier molecular flexibility index (Phi) is 5.69. The molecule has 2 aromatic rings. The summed E-state index contributed by atoms with van der Waals surface area (Å²) >= 11 is 6.30. The van der Waals surface area contributed by atoms with Crippen LogP contribution in [0.25, 0.3) is 0 Å². The lowest BCUT2D eigenvalue weighted by Gasteiger charge is -2.25. The van der Waals surface area contributed by atoms with Crippen molar-refractivity contribution in [1.29, 1.82) is 0 Å². The van der Waals surface area contributed by atoms with E-state index in [9.17, 15) is 9.18 Å². The number of rotatable bonds is 7. The molecule has 0 bridgehead atoms. The number of ether oxygens (including phenoxy) is 2. The molecular formula is C21H22ClFN2O3. The van der Waals surface area contributed by atoms with Gasteiger partial charge < -0.3 is 19.7 Å². The van der Waals surface area contributed by atoms with Gasteiger partial charge in [0.15, 0.2) is 11.5 Å². The molecule has 0 unspecified atom stereocenters. The van der Waals surface area contributed by atoms with E-state index in [1.54, 1.807) is 12.1 Å². The summed E-state index contributed by atoms with van der Waals surface area (Å²) < 4.78 is 24.1. The van der Waals surface area contributed by atoms with Crippen LogP contribution < -0.4 is 14.8 Å². The first-order valence-corrected chi connectivity index (χ1v) is 9.80. The summed E-state index contributed by atoms with van der Waals surface area (Å²) in [5.74, 6) is 1.24. The highest BCUT2D eigenvalue weighted by Gasteiger charge is 2.30. The van der Waals surface area contributed by atoms with Crippen molar-refractivity contribution in [2.24, 2.45) is 0 Å². The van der Waals surface area contributed by atoms with Gasteiger partial charge >= 0.3 is 0 Å². The van der Waals surface area contributed by atoms with Crippen LogP contribution in [-0.2, 0) is 17.9 Å². The number of likely N-dealkylation sites (tertiary alicyclic amines) is 1. The summed E-state index contributed by atoms with van der Waals surface area (Å²) in [6.07, 6.45) is 2.22. The van der Waals surface area contributed by atoms with Crippen LogP contribution in [0.2, 0.25) is 5.02 Å². The molecule has 148 valence electrons. The molecule has 0 saturated carbocycles. The van der Waals surface area contributed by atoms with Crippen LogP contribution in [-0.4, -0.2) is 30.2 Å². The van der Waals surface area contributed by atoms with Gasteiger partial charge in [-0.15, -0.1) is 0 Å². The third kappa shape index (κ3) is 4.23. The highest BCUT2D eigenvalue weighted by Crippen LogP contribution is 2.36. The fourth-order valence-corrected chi connectivity index (χ4v) is 3.95. The third-order valence-corrected chi connectivity index (χ3v) is 5.56. The van der Waals surface area contributed by atoms with Gasteiger partial charge in [0.1, 0.15) is 5.82 Å². The molecule has 2 heterocycles. The zero-order valence-corrected chi connectivity index (χ0v) is 16.2. The second-order valence-electron chi connectivity index (χ2n) is 7.11. The second-order valence-corrected chi connectivity index (χ2v) is 7.51. The van der Waals surface area contributed by atoms with Crippen molar-refractivity contribution in [1.82, 2.24) is 10.2 Å². The Morgan fingerprint density at radius 2 is 2.04 bits per heavy atom. The lowest BCUT2D eigenvalue weighted by atomic mass is 10.1. The Labute approximate surface area is 168 Å². The van der Waals surface area contributed by atoms with Gasteiger partial charge in [0, 0.05) is 36.6 Å². The van der Waals surface area contributed by atoms with Crippen LogP contribution in [0.1, 0.15) is 30.4 Å². The first-order valence-electron chi connectivity index (χ1n) is 9.43. The summed E-state index contributed by atoms with van der Waals surface area (Å²) in [7, 11) is 0. The number of hydrogen-bond donors (Lipinski definition) is 1. The molecular weight excluding hydrogens is 383 g/mol. The molecule has 7 heteroatoms. The number of nitrogens with one attached hydrogen (secondary N) is 1. The summed E-state index contributed by atoms with van der Waals surface area (Å²) in [6, 6.07) is 10.3. The van der Waals surface area contributed by atoms with Gasteiger partial charge in [-0.25, -0.2) is 4.39 Å². The Hall–Kier alpha value is -2.31. The first kappa shape index (κ1) is 19.0. The zero-order chi connectivity index (χ0) is 19.5. The maximum Gasteiger partial charge on any atom is 0.231 e. The van der Waals surface area contributed by atoms with Gasteiger partial charge in [-0.05, 0) is 48.7 Å². The maximum atomic E-state index is 13.4. The van der Waals surface area contributed by atoms with E-state index in [0.717, 1.165) is 30.5 Å². The van der Waals surface area contributed by atoms with Crippen molar-refractivity contribution in [3.63, 3.8) is 0 Å². The number of carbonyl (C=O) groups excluding carboxylic acids is 1. The molecule has 2 aliphatic heterocycles.